The zero-order valence-electron chi connectivity index (χ0n) is 13.2. The van der Waals surface area contributed by atoms with Crippen LogP contribution in [0, 0.1) is 11.3 Å². The van der Waals surface area contributed by atoms with Crippen molar-refractivity contribution in [1.29, 1.82) is 5.26 Å². The summed E-state index contributed by atoms with van der Waals surface area (Å²) in [6, 6.07) is 8.00. The zero-order valence-corrected chi connectivity index (χ0v) is 13.2. The molecular formula is C17H16N2O5. The number of allylic oxidation sites excluding steroid dienone is 1. The summed E-state index contributed by atoms with van der Waals surface area (Å²) in [4.78, 5) is 34.5. The van der Waals surface area contributed by atoms with E-state index in [1.807, 2.05) is 0 Å². The second-order valence-electron chi connectivity index (χ2n) is 4.65. The number of esters is 2. The quantitative estimate of drug-likeness (QED) is 0.475. The topological polar surface area (TPSA) is 119 Å². The van der Waals surface area contributed by atoms with Crippen molar-refractivity contribution in [2.75, 3.05) is 13.7 Å². The fraction of sp³-hybridized carbons (Fsp3) is 0.176. The molecule has 0 atom stereocenters. The Morgan fingerprint density at radius 1 is 1.25 bits per heavy atom. The molecule has 0 spiro atoms. The summed E-state index contributed by atoms with van der Waals surface area (Å²) in [6.07, 6.45) is 2.59. The van der Waals surface area contributed by atoms with Crippen LogP contribution in [0.5, 0.6) is 0 Å². The molecular weight excluding hydrogens is 312 g/mol. The molecule has 0 bridgehead atoms. The number of ether oxygens (including phenoxy) is 2. The highest BCUT2D eigenvalue weighted by atomic mass is 16.5. The minimum Gasteiger partial charge on any atom is -0.465 e. The van der Waals surface area contributed by atoms with E-state index in [-0.39, 0.29) is 11.3 Å². The Balaban J connectivity index is 2.61. The van der Waals surface area contributed by atoms with E-state index in [2.05, 4.69) is 4.74 Å². The van der Waals surface area contributed by atoms with Crippen LogP contribution in [0.15, 0.2) is 41.6 Å². The lowest BCUT2D eigenvalue weighted by Crippen LogP contribution is -2.16. The van der Waals surface area contributed by atoms with Crippen LogP contribution in [0.1, 0.15) is 22.8 Å². The molecule has 1 aromatic carbocycles. The highest BCUT2D eigenvalue weighted by Crippen LogP contribution is 2.07. The van der Waals surface area contributed by atoms with E-state index in [0.717, 1.165) is 6.08 Å². The molecule has 0 saturated carbocycles. The van der Waals surface area contributed by atoms with Crippen molar-refractivity contribution in [3.63, 3.8) is 0 Å². The van der Waals surface area contributed by atoms with Gasteiger partial charge < -0.3 is 15.2 Å². The Morgan fingerprint density at radius 3 is 2.38 bits per heavy atom. The minimum absolute atomic E-state index is 0.0692. The van der Waals surface area contributed by atoms with Gasteiger partial charge >= 0.3 is 11.9 Å². The van der Waals surface area contributed by atoms with Crippen LogP contribution < -0.4 is 5.73 Å². The molecule has 2 N–H and O–H groups in total. The van der Waals surface area contributed by atoms with Crippen LogP contribution in [0.2, 0.25) is 0 Å². The number of carbonyl (C=O) groups excluding carboxylic acids is 3. The Hall–Kier alpha value is -3.40. The first kappa shape index (κ1) is 18.6. The molecule has 124 valence electrons. The molecule has 0 saturated heterocycles. The van der Waals surface area contributed by atoms with Gasteiger partial charge in [0.15, 0.2) is 6.61 Å². The van der Waals surface area contributed by atoms with Crippen molar-refractivity contribution < 1.29 is 23.9 Å². The number of methoxy groups -OCH3 is 1. The Kier molecular flexibility index (Phi) is 6.92. The van der Waals surface area contributed by atoms with Gasteiger partial charge in [0, 0.05) is 11.8 Å². The average Bonchev–Trinajstić information content (AvgIpc) is 2.58. The van der Waals surface area contributed by atoms with E-state index in [1.54, 1.807) is 30.3 Å². The Bertz CT molecular complexity index is 735. The van der Waals surface area contributed by atoms with E-state index >= 15 is 0 Å². The maximum atomic E-state index is 11.6. The van der Waals surface area contributed by atoms with Gasteiger partial charge in [0.1, 0.15) is 11.6 Å². The Labute approximate surface area is 139 Å². The van der Waals surface area contributed by atoms with Gasteiger partial charge in [-0.1, -0.05) is 12.1 Å². The number of nitrogens with zero attached hydrogens (tertiary/aromatic N) is 1. The molecule has 7 heteroatoms. The summed E-state index contributed by atoms with van der Waals surface area (Å²) >= 11 is 0. The molecule has 0 heterocycles. The number of rotatable bonds is 6. The van der Waals surface area contributed by atoms with Crippen LogP contribution >= 0.6 is 0 Å². The third kappa shape index (κ3) is 5.42. The molecule has 0 aromatic heterocycles. The van der Waals surface area contributed by atoms with Gasteiger partial charge in [-0.05, 0) is 30.7 Å². The first-order valence-electron chi connectivity index (χ1n) is 6.82. The number of nitrogens with two attached hydrogens (primary N) is 1. The van der Waals surface area contributed by atoms with Gasteiger partial charge in [-0.25, -0.2) is 9.59 Å². The summed E-state index contributed by atoms with van der Waals surface area (Å²) in [5, 5.41) is 8.77. The van der Waals surface area contributed by atoms with E-state index < -0.39 is 24.3 Å². The van der Waals surface area contributed by atoms with Crippen molar-refractivity contribution in [2.45, 2.75) is 6.92 Å². The van der Waals surface area contributed by atoms with Crippen molar-refractivity contribution in [3.05, 3.63) is 52.7 Å². The fourth-order valence-corrected chi connectivity index (χ4v) is 1.64. The molecule has 7 nitrogen and oxygen atoms in total. The number of carbonyl (C=O) groups is 3. The lowest BCUT2D eigenvalue weighted by atomic mass is 10.1. The predicted octanol–water partition coefficient (Wildman–Crippen LogP) is 1.35. The highest BCUT2D eigenvalue weighted by molar-refractivity contribution is 6.01. The fourth-order valence-electron chi connectivity index (χ4n) is 1.64. The standard InChI is InChI=1S/C17H16N2O5/c1-11(19)14(9-18)15(20)10-24-16(21)8-5-12-3-6-13(7-4-12)17(22)23-2/h3-8H,10,19H2,1-2H3. The second kappa shape index (κ2) is 8.90. The number of hydrogen-bond donors (Lipinski definition) is 1. The molecule has 0 amide bonds. The van der Waals surface area contributed by atoms with Gasteiger partial charge in [0.25, 0.3) is 0 Å². The first-order valence-corrected chi connectivity index (χ1v) is 6.82. The van der Waals surface area contributed by atoms with Crippen molar-refractivity contribution in [3.8, 4) is 6.07 Å². The molecule has 24 heavy (non-hydrogen) atoms. The van der Waals surface area contributed by atoms with E-state index in [9.17, 15) is 14.4 Å². The Morgan fingerprint density at radius 2 is 1.88 bits per heavy atom. The molecule has 0 aliphatic heterocycles. The van der Waals surface area contributed by atoms with Crippen molar-refractivity contribution >= 4 is 23.8 Å². The van der Waals surface area contributed by atoms with E-state index in [1.165, 1.54) is 20.1 Å². The molecule has 0 fully saturated rings. The number of Topliss-reactive ketones (excluding diaryl/α,β-unsaturated/α-hetero) is 1. The number of nitriles is 1. The lowest BCUT2D eigenvalue weighted by molar-refractivity contribution is -0.141. The summed E-state index contributed by atoms with van der Waals surface area (Å²) in [7, 11) is 1.28. The number of hydrogen-bond acceptors (Lipinski definition) is 7. The van der Waals surface area contributed by atoms with Gasteiger partial charge in [0.2, 0.25) is 5.78 Å². The highest BCUT2D eigenvalue weighted by Gasteiger charge is 2.13. The molecule has 1 rings (SSSR count). The van der Waals surface area contributed by atoms with Crippen LogP contribution in [-0.4, -0.2) is 31.4 Å². The molecule has 0 unspecified atom stereocenters. The van der Waals surface area contributed by atoms with Gasteiger partial charge in [-0.3, -0.25) is 4.79 Å². The van der Waals surface area contributed by atoms with Crippen LogP contribution in [0.25, 0.3) is 6.08 Å². The average molecular weight is 328 g/mol. The SMILES string of the molecule is COC(=O)c1ccc(C=CC(=O)OCC(=O)C(C#N)=C(C)N)cc1. The smallest absolute Gasteiger partial charge is 0.337 e. The van der Waals surface area contributed by atoms with E-state index in [0.29, 0.717) is 11.1 Å². The third-order valence-corrected chi connectivity index (χ3v) is 2.87. The monoisotopic (exact) mass is 328 g/mol. The predicted molar refractivity (Wildman–Crippen MR) is 85.3 cm³/mol. The van der Waals surface area contributed by atoms with Crippen LogP contribution in [-0.2, 0) is 19.1 Å². The molecule has 0 aliphatic rings. The molecule has 0 aliphatic carbocycles. The zero-order chi connectivity index (χ0) is 18.1. The maximum absolute atomic E-state index is 11.6. The molecule has 0 radical (unpaired) electrons. The van der Waals surface area contributed by atoms with Gasteiger partial charge in [-0.15, -0.1) is 0 Å². The van der Waals surface area contributed by atoms with Gasteiger partial charge in [-0.2, -0.15) is 5.26 Å². The number of ketones is 1. The van der Waals surface area contributed by atoms with Gasteiger partial charge in [0.05, 0.1) is 12.7 Å². The normalized spacial score (nSPS) is 11.4. The van der Waals surface area contributed by atoms with Crippen LogP contribution in [0.3, 0.4) is 0 Å². The van der Waals surface area contributed by atoms with E-state index in [4.69, 9.17) is 15.7 Å². The van der Waals surface area contributed by atoms with Crippen molar-refractivity contribution in [2.24, 2.45) is 5.73 Å². The second-order valence-corrected chi connectivity index (χ2v) is 4.65. The van der Waals surface area contributed by atoms with Crippen LogP contribution in [0.4, 0.5) is 0 Å². The minimum atomic E-state index is -0.743. The van der Waals surface area contributed by atoms with Crippen molar-refractivity contribution in [1.82, 2.24) is 0 Å². The lowest BCUT2D eigenvalue weighted by Gasteiger charge is -2.02. The third-order valence-electron chi connectivity index (χ3n) is 2.87. The summed E-state index contributed by atoms with van der Waals surface area (Å²) in [5.74, 6) is -1.87. The summed E-state index contributed by atoms with van der Waals surface area (Å²) < 4.78 is 9.32. The summed E-state index contributed by atoms with van der Waals surface area (Å²) in [6.45, 7) is 0.845. The largest absolute Gasteiger partial charge is 0.465 e. The number of benzene rings is 1. The molecule has 1 aromatic rings. The summed E-state index contributed by atoms with van der Waals surface area (Å²) in [5.41, 5.74) is 6.26. The first-order chi connectivity index (χ1) is 11.4. The maximum Gasteiger partial charge on any atom is 0.337 e.